The van der Waals surface area contributed by atoms with Crippen molar-refractivity contribution >= 4 is 11.6 Å². The third-order valence-corrected chi connectivity index (χ3v) is 4.85. The Labute approximate surface area is 141 Å². The molecule has 1 fully saturated rings. The van der Waals surface area contributed by atoms with E-state index in [0.717, 1.165) is 29.8 Å². The number of hydrogen-bond donors (Lipinski definition) is 1. The fourth-order valence-corrected chi connectivity index (χ4v) is 3.63. The molecule has 0 saturated heterocycles. The maximum Gasteiger partial charge on any atom is 0.228 e. The molecule has 3 unspecified atom stereocenters. The minimum Gasteiger partial charge on any atom is -0.489 e. The third kappa shape index (κ3) is 3.18. The molecule has 1 saturated carbocycles. The van der Waals surface area contributed by atoms with E-state index in [9.17, 15) is 4.79 Å². The van der Waals surface area contributed by atoms with Gasteiger partial charge in [-0.15, -0.1) is 0 Å². The van der Waals surface area contributed by atoms with Gasteiger partial charge in [-0.05, 0) is 42.9 Å². The van der Waals surface area contributed by atoms with Gasteiger partial charge in [-0.1, -0.05) is 24.3 Å². The SMILES string of the molecule is O=C(Nc1cccc(OCc2cccnc2)c1)C1CC2C=CC1C2. The van der Waals surface area contributed by atoms with Crippen LogP contribution in [0.15, 0.2) is 60.9 Å². The fourth-order valence-electron chi connectivity index (χ4n) is 3.63. The Morgan fingerprint density at radius 3 is 2.92 bits per heavy atom. The summed E-state index contributed by atoms with van der Waals surface area (Å²) < 4.78 is 5.79. The number of allylic oxidation sites excluding steroid dienone is 2. The van der Waals surface area contributed by atoms with Crippen molar-refractivity contribution in [3.05, 3.63) is 66.5 Å². The molecular weight excluding hydrogens is 300 g/mol. The molecule has 2 aliphatic carbocycles. The van der Waals surface area contributed by atoms with E-state index in [1.54, 1.807) is 12.4 Å². The molecule has 1 aromatic heterocycles. The number of ether oxygens (including phenoxy) is 1. The summed E-state index contributed by atoms with van der Waals surface area (Å²) in [7, 11) is 0. The van der Waals surface area contributed by atoms with Crippen molar-refractivity contribution < 1.29 is 9.53 Å². The number of carbonyl (C=O) groups excluding carboxylic acids is 1. The van der Waals surface area contributed by atoms with Crippen molar-refractivity contribution in [1.82, 2.24) is 4.98 Å². The van der Waals surface area contributed by atoms with Crippen LogP contribution in [0.4, 0.5) is 5.69 Å². The quantitative estimate of drug-likeness (QED) is 0.852. The highest BCUT2D eigenvalue weighted by Gasteiger charge is 2.39. The Balaban J connectivity index is 1.37. The number of nitrogens with zero attached hydrogens (tertiary/aromatic N) is 1. The number of anilines is 1. The van der Waals surface area contributed by atoms with Crippen LogP contribution in [0.1, 0.15) is 18.4 Å². The van der Waals surface area contributed by atoms with Gasteiger partial charge in [0.1, 0.15) is 12.4 Å². The number of amides is 1. The van der Waals surface area contributed by atoms with Crippen LogP contribution in [0, 0.1) is 17.8 Å². The van der Waals surface area contributed by atoms with E-state index in [2.05, 4.69) is 22.5 Å². The van der Waals surface area contributed by atoms with Gasteiger partial charge in [0.25, 0.3) is 0 Å². The largest absolute Gasteiger partial charge is 0.489 e. The lowest BCUT2D eigenvalue weighted by molar-refractivity contribution is -0.120. The van der Waals surface area contributed by atoms with Crippen LogP contribution in [-0.4, -0.2) is 10.9 Å². The van der Waals surface area contributed by atoms with Gasteiger partial charge in [0.2, 0.25) is 5.91 Å². The van der Waals surface area contributed by atoms with Gasteiger partial charge in [-0.25, -0.2) is 0 Å². The van der Waals surface area contributed by atoms with Gasteiger partial charge in [-0.2, -0.15) is 0 Å². The molecule has 0 radical (unpaired) electrons. The zero-order valence-electron chi connectivity index (χ0n) is 13.4. The molecule has 2 aliphatic rings. The average molecular weight is 320 g/mol. The summed E-state index contributed by atoms with van der Waals surface area (Å²) in [6, 6.07) is 11.4. The molecular formula is C20H20N2O2. The number of pyridine rings is 1. The Bertz CT molecular complexity index is 757. The number of fused-ring (bicyclic) bond motifs is 2. The van der Waals surface area contributed by atoms with E-state index >= 15 is 0 Å². The van der Waals surface area contributed by atoms with Gasteiger partial charge in [0, 0.05) is 35.6 Å². The number of rotatable bonds is 5. The molecule has 3 atom stereocenters. The van der Waals surface area contributed by atoms with Crippen LogP contribution >= 0.6 is 0 Å². The van der Waals surface area contributed by atoms with Crippen LogP contribution < -0.4 is 10.1 Å². The van der Waals surface area contributed by atoms with Gasteiger partial charge in [-0.3, -0.25) is 9.78 Å². The summed E-state index contributed by atoms with van der Waals surface area (Å²) >= 11 is 0. The Morgan fingerprint density at radius 1 is 1.21 bits per heavy atom. The minimum atomic E-state index is 0.111. The van der Waals surface area contributed by atoms with E-state index in [1.165, 1.54) is 0 Å². The highest BCUT2D eigenvalue weighted by molar-refractivity contribution is 5.93. The number of aromatic nitrogens is 1. The molecule has 1 N–H and O–H groups in total. The topological polar surface area (TPSA) is 51.2 Å². The molecule has 0 aliphatic heterocycles. The second-order valence-electron chi connectivity index (χ2n) is 6.55. The summed E-state index contributed by atoms with van der Waals surface area (Å²) in [5, 5.41) is 3.04. The van der Waals surface area contributed by atoms with E-state index in [-0.39, 0.29) is 11.8 Å². The Kier molecular flexibility index (Phi) is 4.03. The van der Waals surface area contributed by atoms with Crippen molar-refractivity contribution in [2.45, 2.75) is 19.4 Å². The van der Waals surface area contributed by atoms with E-state index in [0.29, 0.717) is 18.4 Å². The molecule has 1 amide bonds. The first kappa shape index (κ1) is 14.9. The van der Waals surface area contributed by atoms with Crippen molar-refractivity contribution in [1.29, 1.82) is 0 Å². The fraction of sp³-hybridized carbons (Fsp3) is 0.300. The first-order valence-electron chi connectivity index (χ1n) is 8.39. The number of benzene rings is 1. The highest BCUT2D eigenvalue weighted by Crippen LogP contribution is 2.43. The second kappa shape index (κ2) is 6.48. The second-order valence-corrected chi connectivity index (χ2v) is 6.55. The molecule has 4 nitrogen and oxygen atoms in total. The lowest BCUT2D eigenvalue weighted by atomic mass is 9.93. The molecule has 24 heavy (non-hydrogen) atoms. The maximum absolute atomic E-state index is 12.5. The Morgan fingerprint density at radius 2 is 2.17 bits per heavy atom. The number of hydrogen-bond acceptors (Lipinski definition) is 3. The first-order chi connectivity index (χ1) is 11.8. The summed E-state index contributed by atoms with van der Waals surface area (Å²) in [5.41, 5.74) is 1.80. The molecule has 0 spiro atoms. The van der Waals surface area contributed by atoms with Gasteiger partial charge < -0.3 is 10.1 Å². The monoisotopic (exact) mass is 320 g/mol. The number of carbonyl (C=O) groups is 1. The zero-order chi connectivity index (χ0) is 16.4. The van der Waals surface area contributed by atoms with Gasteiger partial charge >= 0.3 is 0 Å². The van der Waals surface area contributed by atoms with Gasteiger partial charge in [0.05, 0.1) is 0 Å². The summed E-state index contributed by atoms with van der Waals surface area (Å²) in [6.07, 6.45) is 10.1. The molecule has 4 heteroatoms. The lowest BCUT2D eigenvalue weighted by Crippen LogP contribution is -2.25. The first-order valence-corrected chi connectivity index (χ1v) is 8.39. The molecule has 1 heterocycles. The average Bonchev–Trinajstić information content (AvgIpc) is 3.25. The van der Waals surface area contributed by atoms with E-state index in [1.807, 2.05) is 36.4 Å². The Hall–Kier alpha value is -2.62. The summed E-state index contributed by atoms with van der Waals surface area (Å²) in [5.74, 6) is 1.99. The predicted molar refractivity (Wildman–Crippen MR) is 92.5 cm³/mol. The molecule has 4 rings (SSSR count). The molecule has 2 bridgehead atoms. The molecule has 122 valence electrons. The summed E-state index contributed by atoms with van der Waals surface area (Å²) in [6.45, 7) is 0.461. The van der Waals surface area contributed by atoms with Crippen LogP contribution in [0.5, 0.6) is 5.75 Å². The predicted octanol–water partition coefficient (Wildman–Crippen LogP) is 3.81. The highest BCUT2D eigenvalue weighted by atomic mass is 16.5. The lowest BCUT2D eigenvalue weighted by Gasteiger charge is -2.18. The van der Waals surface area contributed by atoms with Crippen molar-refractivity contribution in [2.24, 2.45) is 17.8 Å². The van der Waals surface area contributed by atoms with Crippen LogP contribution in [-0.2, 0) is 11.4 Å². The third-order valence-electron chi connectivity index (χ3n) is 4.85. The van der Waals surface area contributed by atoms with Gasteiger partial charge in [0.15, 0.2) is 0 Å². The van der Waals surface area contributed by atoms with E-state index in [4.69, 9.17) is 4.74 Å². The van der Waals surface area contributed by atoms with Crippen LogP contribution in [0.2, 0.25) is 0 Å². The summed E-state index contributed by atoms with van der Waals surface area (Å²) in [4.78, 5) is 16.6. The van der Waals surface area contributed by atoms with Crippen molar-refractivity contribution in [2.75, 3.05) is 5.32 Å². The molecule has 2 aromatic rings. The van der Waals surface area contributed by atoms with Crippen LogP contribution in [0.3, 0.4) is 0 Å². The normalized spacial score (nSPS) is 24.1. The smallest absolute Gasteiger partial charge is 0.228 e. The van der Waals surface area contributed by atoms with Crippen LogP contribution in [0.25, 0.3) is 0 Å². The minimum absolute atomic E-state index is 0.111. The number of nitrogens with one attached hydrogen (secondary N) is 1. The zero-order valence-corrected chi connectivity index (χ0v) is 13.4. The molecule has 1 aromatic carbocycles. The van der Waals surface area contributed by atoms with Crippen molar-refractivity contribution in [3.63, 3.8) is 0 Å². The standard InChI is InChI=1S/C20H20N2O2/c23-20(19-10-14-6-7-16(19)9-14)22-17-4-1-5-18(11-17)24-13-15-3-2-8-21-12-15/h1-8,11-12,14,16,19H,9-10,13H2,(H,22,23). The van der Waals surface area contributed by atoms with Crippen molar-refractivity contribution in [3.8, 4) is 5.75 Å². The maximum atomic E-state index is 12.5. The van der Waals surface area contributed by atoms with E-state index < -0.39 is 0 Å².